The van der Waals surface area contributed by atoms with Gasteiger partial charge in [0.25, 0.3) is 0 Å². The molecule has 7 nitrogen and oxygen atoms in total. The van der Waals surface area contributed by atoms with Crippen LogP contribution in [0.4, 0.5) is 5.82 Å². The van der Waals surface area contributed by atoms with Crippen LogP contribution in [0.2, 0.25) is 5.02 Å². The van der Waals surface area contributed by atoms with Crippen molar-refractivity contribution in [2.75, 3.05) is 44.7 Å². The molecular weight excluding hydrogens is 332 g/mol. The first-order valence-corrected chi connectivity index (χ1v) is 8.52. The van der Waals surface area contributed by atoms with Gasteiger partial charge in [0.2, 0.25) is 5.91 Å². The minimum absolute atomic E-state index is 0.159. The predicted molar refractivity (Wildman–Crippen MR) is 95.5 cm³/mol. The van der Waals surface area contributed by atoms with Crippen LogP contribution in [0.15, 0.2) is 6.07 Å². The number of pyridine rings is 1. The van der Waals surface area contributed by atoms with Gasteiger partial charge in [0, 0.05) is 38.5 Å². The van der Waals surface area contributed by atoms with Gasteiger partial charge in [-0.3, -0.25) is 4.79 Å². The highest BCUT2D eigenvalue weighted by atomic mass is 35.5. The van der Waals surface area contributed by atoms with Crippen molar-refractivity contribution in [2.24, 2.45) is 5.73 Å². The monoisotopic (exact) mass is 358 g/mol. The average molecular weight is 359 g/mol. The molecule has 1 aromatic rings. The summed E-state index contributed by atoms with van der Waals surface area (Å²) in [5, 5.41) is 21.3. The summed E-state index contributed by atoms with van der Waals surface area (Å²) in [6.07, 6.45) is 2.27. The van der Waals surface area contributed by atoms with Crippen molar-refractivity contribution in [1.29, 1.82) is 0 Å². The molecule has 5 N–H and O–H groups in total. The average Bonchev–Trinajstić information content (AvgIpc) is 2.55. The Morgan fingerprint density at radius 3 is 2.38 bits per heavy atom. The van der Waals surface area contributed by atoms with Gasteiger partial charge in [0.05, 0.1) is 10.6 Å². The van der Waals surface area contributed by atoms with E-state index in [9.17, 15) is 4.79 Å². The van der Waals surface area contributed by atoms with Gasteiger partial charge in [-0.25, -0.2) is 4.98 Å². The summed E-state index contributed by atoms with van der Waals surface area (Å²) in [7, 11) is 0. The van der Waals surface area contributed by atoms with Crippen LogP contribution in [-0.4, -0.2) is 65.4 Å². The number of hydrogen-bond acceptors (Lipinski definition) is 6. The zero-order valence-electron chi connectivity index (χ0n) is 14.1. The number of halogens is 1. The number of amides is 1. The fourth-order valence-corrected chi connectivity index (χ4v) is 2.64. The van der Waals surface area contributed by atoms with Gasteiger partial charge in [-0.05, 0) is 38.8 Å². The van der Waals surface area contributed by atoms with Gasteiger partial charge < -0.3 is 26.2 Å². The largest absolute Gasteiger partial charge is 0.396 e. The van der Waals surface area contributed by atoms with E-state index < -0.39 is 5.91 Å². The number of nitrogens with two attached hydrogens (primary N) is 1. The highest BCUT2D eigenvalue weighted by molar-refractivity contribution is 6.36. The Morgan fingerprint density at radius 2 is 1.83 bits per heavy atom. The molecule has 1 heterocycles. The summed E-state index contributed by atoms with van der Waals surface area (Å²) in [4.78, 5) is 17.9. The SMILES string of the molecule is Cc1cc(C(N)=O)c(Cl)c(NCCCN(CCCO)CCCO)n1. The van der Waals surface area contributed by atoms with Gasteiger partial charge in [-0.1, -0.05) is 11.6 Å². The van der Waals surface area contributed by atoms with Crippen LogP contribution in [0.1, 0.15) is 35.3 Å². The number of aryl methyl sites for hydroxylation is 1. The maximum atomic E-state index is 11.4. The molecule has 0 atom stereocenters. The Kier molecular flexibility index (Phi) is 9.63. The van der Waals surface area contributed by atoms with E-state index in [0.717, 1.165) is 26.1 Å². The summed E-state index contributed by atoms with van der Waals surface area (Å²) >= 11 is 6.16. The summed E-state index contributed by atoms with van der Waals surface area (Å²) in [5.74, 6) is -0.115. The van der Waals surface area contributed by atoms with Crippen LogP contribution < -0.4 is 11.1 Å². The molecular formula is C16H27ClN4O3. The Labute approximate surface area is 147 Å². The molecule has 0 aliphatic carbocycles. The number of rotatable bonds is 12. The van der Waals surface area contributed by atoms with Crippen LogP contribution in [0.3, 0.4) is 0 Å². The summed E-state index contributed by atoms with van der Waals surface area (Å²) < 4.78 is 0. The Bertz CT molecular complexity index is 520. The van der Waals surface area contributed by atoms with E-state index in [1.54, 1.807) is 13.0 Å². The summed E-state index contributed by atoms with van der Waals surface area (Å²) in [5.41, 5.74) is 6.25. The first-order chi connectivity index (χ1) is 11.5. The third-order valence-electron chi connectivity index (χ3n) is 3.56. The molecule has 1 aromatic heterocycles. The second kappa shape index (κ2) is 11.2. The molecule has 0 spiro atoms. The zero-order chi connectivity index (χ0) is 17.9. The lowest BCUT2D eigenvalue weighted by atomic mass is 10.2. The van der Waals surface area contributed by atoms with Crippen LogP contribution in [-0.2, 0) is 0 Å². The zero-order valence-corrected chi connectivity index (χ0v) is 14.8. The van der Waals surface area contributed by atoms with Gasteiger partial charge in [0.15, 0.2) is 0 Å². The van der Waals surface area contributed by atoms with Gasteiger partial charge >= 0.3 is 0 Å². The molecule has 0 unspecified atom stereocenters. The van der Waals surface area contributed by atoms with Crippen LogP contribution in [0, 0.1) is 6.92 Å². The number of aromatic nitrogens is 1. The quantitative estimate of drug-likeness (QED) is 0.415. The Balaban J connectivity index is 2.52. The molecule has 0 aliphatic rings. The van der Waals surface area contributed by atoms with Crippen molar-refractivity contribution >= 4 is 23.3 Å². The van der Waals surface area contributed by atoms with E-state index in [1.807, 2.05) is 0 Å². The standard InChI is InChI=1S/C16H27ClN4O3/c1-12-11-13(15(18)24)14(17)16(20-12)19-5-2-6-21(7-3-9-22)8-4-10-23/h11,22-23H,2-10H2,1H3,(H2,18,24)(H,19,20). The molecule has 0 saturated heterocycles. The lowest BCUT2D eigenvalue weighted by Crippen LogP contribution is -2.29. The number of primary amides is 1. The molecule has 136 valence electrons. The minimum Gasteiger partial charge on any atom is -0.396 e. The third-order valence-corrected chi connectivity index (χ3v) is 3.94. The minimum atomic E-state index is -0.576. The van der Waals surface area contributed by atoms with Crippen LogP contribution in [0.25, 0.3) is 0 Å². The third kappa shape index (κ3) is 7.00. The molecule has 0 radical (unpaired) electrons. The van der Waals surface area contributed by atoms with Crippen molar-refractivity contribution < 1.29 is 15.0 Å². The van der Waals surface area contributed by atoms with E-state index in [0.29, 0.717) is 30.9 Å². The van der Waals surface area contributed by atoms with Crippen molar-refractivity contribution in [2.45, 2.75) is 26.2 Å². The number of carbonyl (C=O) groups excluding carboxylic acids is 1. The second-order valence-electron chi connectivity index (χ2n) is 5.61. The van der Waals surface area contributed by atoms with Gasteiger partial charge in [-0.15, -0.1) is 0 Å². The molecule has 1 rings (SSSR count). The molecule has 8 heteroatoms. The maximum absolute atomic E-state index is 11.4. The smallest absolute Gasteiger partial charge is 0.250 e. The van der Waals surface area contributed by atoms with Gasteiger partial charge in [0.1, 0.15) is 5.82 Å². The molecule has 0 aliphatic heterocycles. The van der Waals surface area contributed by atoms with E-state index in [4.69, 9.17) is 27.5 Å². The summed E-state index contributed by atoms with van der Waals surface area (Å²) in [6.45, 7) is 5.17. The summed E-state index contributed by atoms with van der Waals surface area (Å²) in [6, 6.07) is 1.57. The van der Waals surface area contributed by atoms with E-state index >= 15 is 0 Å². The Morgan fingerprint density at radius 1 is 1.25 bits per heavy atom. The number of nitrogens with zero attached hydrogens (tertiary/aromatic N) is 2. The lowest BCUT2D eigenvalue weighted by molar-refractivity contribution is 0.1000. The maximum Gasteiger partial charge on any atom is 0.250 e. The highest BCUT2D eigenvalue weighted by Gasteiger charge is 2.13. The van der Waals surface area contributed by atoms with E-state index in [2.05, 4.69) is 15.2 Å². The molecule has 0 bridgehead atoms. The number of aliphatic hydroxyl groups is 2. The normalized spacial score (nSPS) is 11.0. The number of carbonyl (C=O) groups is 1. The molecule has 0 fully saturated rings. The first kappa shape index (κ1) is 20.6. The fraction of sp³-hybridized carbons (Fsp3) is 0.625. The number of anilines is 1. The number of hydrogen-bond donors (Lipinski definition) is 4. The highest BCUT2D eigenvalue weighted by Crippen LogP contribution is 2.24. The van der Waals surface area contributed by atoms with Crippen LogP contribution >= 0.6 is 11.6 Å². The van der Waals surface area contributed by atoms with Crippen LogP contribution in [0.5, 0.6) is 0 Å². The van der Waals surface area contributed by atoms with E-state index in [1.165, 1.54) is 0 Å². The van der Waals surface area contributed by atoms with Crippen molar-refractivity contribution in [3.8, 4) is 0 Å². The second-order valence-corrected chi connectivity index (χ2v) is 5.99. The molecule has 1 amide bonds. The predicted octanol–water partition coefficient (Wildman–Crippen LogP) is 1.01. The number of nitrogens with one attached hydrogen (secondary N) is 1. The molecule has 24 heavy (non-hydrogen) atoms. The molecule has 0 saturated carbocycles. The van der Waals surface area contributed by atoms with Crippen molar-refractivity contribution in [3.05, 3.63) is 22.3 Å². The van der Waals surface area contributed by atoms with E-state index in [-0.39, 0.29) is 23.8 Å². The van der Waals surface area contributed by atoms with Crippen molar-refractivity contribution in [1.82, 2.24) is 9.88 Å². The molecule has 0 aromatic carbocycles. The number of aliphatic hydroxyl groups excluding tert-OH is 2. The van der Waals surface area contributed by atoms with Crippen molar-refractivity contribution in [3.63, 3.8) is 0 Å². The Hall–Kier alpha value is -1.41. The lowest BCUT2D eigenvalue weighted by Gasteiger charge is -2.21. The van der Waals surface area contributed by atoms with Gasteiger partial charge in [-0.2, -0.15) is 0 Å². The topological polar surface area (TPSA) is 112 Å². The fourth-order valence-electron chi connectivity index (χ4n) is 2.39. The first-order valence-electron chi connectivity index (χ1n) is 8.14.